The minimum absolute atomic E-state index is 0.133. The number of rotatable bonds is 5. The Morgan fingerprint density at radius 3 is 2.20 bits per heavy atom. The van der Waals surface area contributed by atoms with Crippen LogP contribution in [0.2, 0.25) is 0 Å². The molecule has 0 amide bonds. The first-order chi connectivity index (χ1) is 18.5. The Bertz CT molecular complexity index is 1120. The molecule has 11 nitrogen and oxygen atoms in total. The van der Waals surface area contributed by atoms with E-state index in [1.54, 1.807) is 7.11 Å². The Morgan fingerprint density at radius 2 is 1.68 bits per heavy atom. The molecule has 2 fully saturated rings. The zero-order chi connectivity index (χ0) is 30.1. The third-order valence-corrected chi connectivity index (χ3v) is 5.47. The second-order valence-corrected chi connectivity index (χ2v) is 8.71. The van der Waals surface area contributed by atoms with Crippen molar-refractivity contribution in [3.63, 3.8) is 0 Å². The summed E-state index contributed by atoms with van der Waals surface area (Å²) in [6, 6.07) is 3.98. The van der Waals surface area contributed by atoms with E-state index < -0.39 is 24.3 Å². The lowest BCUT2D eigenvalue weighted by Crippen LogP contribution is -2.66. The smallest absolute Gasteiger partial charge is 0.481 e. The number of nitrogens with zero attached hydrogens (tertiary/aromatic N) is 4. The van der Waals surface area contributed by atoms with E-state index in [1.165, 1.54) is 6.33 Å². The van der Waals surface area contributed by atoms with Gasteiger partial charge >= 0.3 is 24.3 Å². The van der Waals surface area contributed by atoms with Crippen molar-refractivity contribution in [2.45, 2.75) is 50.4 Å². The maximum absolute atomic E-state index is 10.6. The van der Waals surface area contributed by atoms with Gasteiger partial charge in [-0.15, -0.1) is 0 Å². The highest BCUT2D eigenvalue weighted by Gasteiger charge is 2.48. The summed E-state index contributed by atoms with van der Waals surface area (Å²) < 4.78 is 80.9. The van der Waals surface area contributed by atoms with Crippen LogP contribution < -0.4 is 9.64 Å². The number of anilines is 1. The molecule has 0 bridgehead atoms. The van der Waals surface area contributed by atoms with Crippen LogP contribution in [0.4, 0.5) is 32.2 Å². The number of hydrogen-bond acceptors (Lipinski definition) is 9. The van der Waals surface area contributed by atoms with Crippen LogP contribution in [0.15, 0.2) is 30.9 Å². The van der Waals surface area contributed by atoms with Gasteiger partial charge in [-0.1, -0.05) is 6.07 Å². The number of methoxy groups -OCH3 is 1. The first-order valence-corrected chi connectivity index (χ1v) is 11.4. The standard InChI is InChI=1S/C19H24N4O3.2C2HF3O2/c1-14-5-15(9-20-8-14)10-25-16-3-4-26-19(7-16)11-23(12-19)17-6-18(24-2)22-13-21-17;2*3-2(4,5)1(6)7/h5-6,8-9,13,16H,3-4,7,10-12H2,1-2H3;2*(H,6,7). The molecule has 2 aliphatic rings. The van der Waals surface area contributed by atoms with Crippen molar-refractivity contribution < 1.29 is 60.4 Å². The van der Waals surface area contributed by atoms with Gasteiger partial charge in [0.1, 0.15) is 17.7 Å². The van der Waals surface area contributed by atoms with Crippen molar-refractivity contribution in [1.82, 2.24) is 15.0 Å². The topological polar surface area (TPSA) is 144 Å². The second kappa shape index (κ2) is 13.6. The number of ether oxygens (including phenoxy) is 3. The summed E-state index contributed by atoms with van der Waals surface area (Å²) in [7, 11) is 1.61. The van der Waals surface area contributed by atoms with Crippen molar-refractivity contribution in [3.05, 3.63) is 42.0 Å². The molecule has 2 saturated heterocycles. The summed E-state index contributed by atoms with van der Waals surface area (Å²) in [5, 5.41) is 14.2. The highest BCUT2D eigenvalue weighted by molar-refractivity contribution is 5.73. The van der Waals surface area contributed by atoms with Gasteiger partial charge in [0.15, 0.2) is 0 Å². The van der Waals surface area contributed by atoms with Crippen LogP contribution in [0.3, 0.4) is 0 Å². The van der Waals surface area contributed by atoms with Crippen molar-refractivity contribution in [3.8, 4) is 5.88 Å². The third kappa shape index (κ3) is 10.1. The van der Waals surface area contributed by atoms with Gasteiger partial charge in [0.05, 0.1) is 32.9 Å². The lowest BCUT2D eigenvalue weighted by atomic mass is 9.84. The average molecular weight is 584 g/mol. The quantitative estimate of drug-likeness (QED) is 0.499. The number of carboxylic acid groups (broad SMARTS) is 2. The first-order valence-electron chi connectivity index (χ1n) is 11.4. The molecule has 222 valence electrons. The van der Waals surface area contributed by atoms with Crippen LogP contribution >= 0.6 is 0 Å². The number of carbonyl (C=O) groups is 2. The molecule has 1 unspecified atom stereocenters. The summed E-state index contributed by atoms with van der Waals surface area (Å²) in [4.78, 5) is 32.6. The maximum atomic E-state index is 10.6. The molecule has 40 heavy (non-hydrogen) atoms. The zero-order valence-corrected chi connectivity index (χ0v) is 21.2. The first kappa shape index (κ1) is 32.5. The fraction of sp³-hybridized carbons (Fsp3) is 0.522. The Labute approximate surface area is 223 Å². The van der Waals surface area contributed by atoms with Crippen molar-refractivity contribution >= 4 is 17.8 Å². The molecule has 1 spiro atoms. The zero-order valence-electron chi connectivity index (χ0n) is 21.2. The number of aryl methyl sites for hydroxylation is 1. The fourth-order valence-corrected chi connectivity index (χ4v) is 3.68. The lowest BCUT2D eigenvalue weighted by molar-refractivity contribution is -0.193. The van der Waals surface area contributed by atoms with E-state index in [2.05, 4.69) is 25.9 Å². The third-order valence-electron chi connectivity index (χ3n) is 5.47. The summed E-state index contributed by atoms with van der Waals surface area (Å²) in [5.41, 5.74) is 2.14. The Hall–Kier alpha value is -3.73. The van der Waals surface area contributed by atoms with Gasteiger partial charge in [-0.3, -0.25) is 4.98 Å². The van der Waals surface area contributed by atoms with Crippen molar-refractivity contribution in [1.29, 1.82) is 0 Å². The highest BCUT2D eigenvalue weighted by atomic mass is 19.4. The minimum Gasteiger partial charge on any atom is -0.481 e. The molecule has 0 aliphatic carbocycles. The van der Waals surface area contributed by atoms with Gasteiger partial charge in [-0.2, -0.15) is 26.3 Å². The molecule has 0 saturated carbocycles. The number of hydrogen-bond donors (Lipinski definition) is 2. The Balaban J connectivity index is 0.000000333. The van der Waals surface area contributed by atoms with Crippen LogP contribution in [-0.2, 0) is 25.7 Å². The normalized spacial score (nSPS) is 17.9. The average Bonchev–Trinajstić information content (AvgIpc) is 2.86. The van der Waals surface area contributed by atoms with Crippen LogP contribution in [0.25, 0.3) is 0 Å². The predicted molar refractivity (Wildman–Crippen MR) is 124 cm³/mol. The van der Waals surface area contributed by atoms with Gasteiger partial charge in [0, 0.05) is 31.5 Å². The highest BCUT2D eigenvalue weighted by Crippen LogP contribution is 2.37. The summed E-state index contributed by atoms with van der Waals surface area (Å²) in [6.45, 7) is 5.02. The molecule has 2 N–H and O–H groups in total. The van der Waals surface area contributed by atoms with E-state index in [-0.39, 0.29) is 11.7 Å². The van der Waals surface area contributed by atoms with Crippen LogP contribution in [-0.4, -0.2) is 88.0 Å². The van der Waals surface area contributed by atoms with E-state index in [9.17, 15) is 26.3 Å². The molecule has 0 aromatic carbocycles. The van der Waals surface area contributed by atoms with Gasteiger partial charge < -0.3 is 29.3 Å². The van der Waals surface area contributed by atoms with E-state index in [4.69, 9.17) is 34.0 Å². The molecular formula is C23H26F6N4O7. The Kier molecular flexibility index (Phi) is 11.0. The summed E-state index contributed by atoms with van der Waals surface area (Å²) in [5.74, 6) is -4.06. The molecule has 0 radical (unpaired) electrons. The number of alkyl halides is 6. The molecule has 4 rings (SSSR count). The number of aliphatic carboxylic acids is 2. The van der Waals surface area contributed by atoms with Crippen molar-refractivity contribution in [2.75, 3.05) is 31.7 Å². The Morgan fingerprint density at radius 1 is 1.07 bits per heavy atom. The number of pyridine rings is 1. The van der Waals surface area contributed by atoms with Crippen molar-refractivity contribution in [2.24, 2.45) is 0 Å². The van der Waals surface area contributed by atoms with Gasteiger partial charge in [-0.05, 0) is 24.5 Å². The minimum atomic E-state index is -5.08. The fourth-order valence-electron chi connectivity index (χ4n) is 3.68. The van der Waals surface area contributed by atoms with E-state index >= 15 is 0 Å². The van der Waals surface area contributed by atoms with Gasteiger partial charge in [-0.25, -0.2) is 19.6 Å². The largest absolute Gasteiger partial charge is 0.490 e. The number of halogens is 6. The summed E-state index contributed by atoms with van der Waals surface area (Å²) >= 11 is 0. The molecule has 2 aromatic heterocycles. The molecule has 17 heteroatoms. The molecule has 1 atom stereocenters. The monoisotopic (exact) mass is 584 g/mol. The van der Waals surface area contributed by atoms with E-state index in [1.807, 2.05) is 25.4 Å². The SMILES string of the molecule is COc1cc(N2CC3(CC(OCc4cncc(C)c4)CCO3)C2)ncn1.O=C(O)C(F)(F)F.O=C(O)C(F)(F)F. The molecule has 4 heterocycles. The number of aromatic nitrogens is 3. The second-order valence-electron chi connectivity index (χ2n) is 8.71. The lowest BCUT2D eigenvalue weighted by Gasteiger charge is -2.53. The molecule has 2 aromatic rings. The van der Waals surface area contributed by atoms with E-state index in [0.29, 0.717) is 12.5 Å². The van der Waals surface area contributed by atoms with E-state index in [0.717, 1.165) is 49.5 Å². The molecule has 2 aliphatic heterocycles. The van der Waals surface area contributed by atoms with Crippen LogP contribution in [0.5, 0.6) is 5.88 Å². The predicted octanol–water partition coefficient (Wildman–Crippen LogP) is 3.41. The maximum Gasteiger partial charge on any atom is 0.490 e. The number of carboxylic acids is 2. The van der Waals surface area contributed by atoms with Gasteiger partial charge in [0.2, 0.25) is 5.88 Å². The van der Waals surface area contributed by atoms with Crippen LogP contribution in [0.1, 0.15) is 24.0 Å². The molecular weight excluding hydrogens is 558 g/mol. The van der Waals surface area contributed by atoms with Gasteiger partial charge in [0.25, 0.3) is 0 Å². The summed E-state index contributed by atoms with van der Waals surface area (Å²) in [6.07, 6.45) is -2.85. The van der Waals surface area contributed by atoms with Crippen LogP contribution in [0, 0.1) is 6.92 Å².